The average Bonchev–Trinajstić information content (AvgIpc) is 2.53. The highest BCUT2D eigenvalue weighted by Gasteiger charge is 2.21. The molecule has 4 heteroatoms. The van der Waals surface area contributed by atoms with E-state index in [-0.39, 0.29) is 5.97 Å². The molecule has 2 atom stereocenters. The largest absolute Gasteiger partial charge is 0.465 e. The topological polar surface area (TPSA) is 35.5 Å². The van der Waals surface area contributed by atoms with Crippen molar-refractivity contribution in [3.63, 3.8) is 0 Å². The Bertz CT molecular complexity index is 487. The maximum absolute atomic E-state index is 11.5. The molecule has 0 radical (unpaired) electrons. The highest BCUT2D eigenvalue weighted by atomic mass is 79.9. The number of carbonyl (C=O) groups is 1. The van der Waals surface area contributed by atoms with Crippen LogP contribution in [0.25, 0.3) is 0 Å². The quantitative estimate of drug-likeness (QED) is 0.717. The summed E-state index contributed by atoms with van der Waals surface area (Å²) in [6.45, 7) is 2.85. The molecule has 0 N–H and O–H groups in total. The minimum atomic E-state index is -0.318. The van der Waals surface area contributed by atoms with Crippen molar-refractivity contribution in [1.29, 1.82) is 0 Å². The summed E-state index contributed by atoms with van der Waals surface area (Å²) in [5, 5.41) is 0. The lowest BCUT2D eigenvalue weighted by molar-refractivity contribution is 0.00152. The molecule has 1 aromatic rings. The Kier molecular flexibility index (Phi) is 6.24. The minimum absolute atomic E-state index is 0.318. The molecule has 1 aromatic carbocycles. The van der Waals surface area contributed by atoms with E-state index in [0.29, 0.717) is 18.3 Å². The molecule has 0 spiro atoms. The van der Waals surface area contributed by atoms with Gasteiger partial charge in [0.1, 0.15) is 0 Å². The molecule has 3 nitrogen and oxygen atoms in total. The van der Waals surface area contributed by atoms with Crippen LogP contribution in [0.4, 0.5) is 0 Å². The van der Waals surface area contributed by atoms with Crippen LogP contribution in [0.3, 0.4) is 0 Å². The lowest BCUT2D eigenvalue weighted by atomic mass is 9.85. The first-order valence-electron chi connectivity index (χ1n) is 7.62. The predicted octanol–water partition coefficient (Wildman–Crippen LogP) is 4.72. The van der Waals surface area contributed by atoms with E-state index in [4.69, 9.17) is 9.47 Å². The molecule has 0 amide bonds. The van der Waals surface area contributed by atoms with Crippen molar-refractivity contribution >= 4 is 21.9 Å². The third-order valence-electron chi connectivity index (χ3n) is 4.26. The first-order chi connectivity index (χ1) is 10.1. The number of hydrogen-bond donors (Lipinski definition) is 0. The molecule has 0 bridgehead atoms. The predicted molar refractivity (Wildman–Crippen MR) is 86.3 cm³/mol. The molecule has 116 valence electrons. The summed E-state index contributed by atoms with van der Waals surface area (Å²) < 4.78 is 11.7. The smallest absolute Gasteiger partial charge is 0.337 e. The zero-order valence-corrected chi connectivity index (χ0v) is 14.3. The van der Waals surface area contributed by atoms with Crippen LogP contribution in [0.15, 0.2) is 22.7 Å². The lowest BCUT2D eigenvalue weighted by Crippen LogP contribution is -2.22. The molecule has 1 saturated carbocycles. The summed E-state index contributed by atoms with van der Waals surface area (Å²) in [5.41, 5.74) is 1.62. The maximum atomic E-state index is 11.5. The number of methoxy groups -OCH3 is 1. The molecule has 2 rings (SSSR count). The van der Waals surface area contributed by atoms with Gasteiger partial charge in [-0.2, -0.15) is 0 Å². The minimum Gasteiger partial charge on any atom is -0.465 e. The molecule has 0 heterocycles. The third kappa shape index (κ3) is 4.55. The van der Waals surface area contributed by atoms with Crippen LogP contribution in [0, 0.1) is 5.92 Å². The molecule has 0 saturated heterocycles. The Morgan fingerprint density at radius 3 is 2.86 bits per heavy atom. The van der Waals surface area contributed by atoms with Crippen LogP contribution >= 0.6 is 15.9 Å². The molecule has 1 fully saturated rings. The Morgan fingerprint density at radius 2 is 2.19 bits per heavy atom. The highest BCUT2D eigenvalue weighted by molar-refractivity contribution is 9.10. The Balaban J connectivity index is 1.92. The number of carbonyl (C=O) groups excluding carboxylic acids is 1. The van der Waals surface area contributed by atoms with Gasteiger partial charge in [0.15, 0.2) is 0 Å². The number of ether oxygens (including phenoxy) is 2. The van der Waals surface area contributed by atoms with E-state index in [1.54, 1.807) is 12.1 Å². The summed E-state index contributed by atoms with van der Waals surface area (Å²) >= 11 is 3.51. The van der Waals surface area contributed by atoms with Crippen molar-refractivity contribution in [2.45, 2.75) is 51.7 Å². The van der Waals surface area contributed by atoms with Crippen LogP contribution in [0.1, 0.15) is 54.9 Å². The van der Waals surface area contributed by atoms with Crippen molar-refractivity contribution in [3.8, 4) is 0 Å². The zero-order valence-electron chi connectivity index (χ0n) is 12.7. The van der Waals surface area contributed by atoms with Crippen LogP contribution in [-0.4, -0.2) is 19.2 Å². The first kappa shape index (κ1) is 16.5. The second-order valence-corrected chi connectivity index (χ2v) is 6.53. The highest BCUT2D eigenvalue weighted by Crippen LogP contribution is 2.29. The van der Waals surface area contributed by atoms with Crippen molar-refractivity contribution < 1.29 is 14.3 Å². The van der Waals surface area contributed by atoms with E-state index in [0.717, 1.165) is 22.4 Å². The van der Waals surface area contributed by atoms with E-state index in [1.807, 2.05) is 6.07 Å². The molecule has 1 aliphatic rings. The first-order valence-corrected chi connectivity index (χ1v) is 8.41. The summed E-state index contributed by atoms with van der Waals surface area (Å²) in [6, 6.07) is 5.50. The van der Waals surface area contributed by atoms with Gasteiger partial charge < -0.3 is 9.47 Å². The standard InChI is InChI=1S/C17H23BrO3/c1-3-12-5-4-6-15(9-12)21-11-14-8-7-13(10-16(14)18)17(19)20-2/h7-8,10,12,15H,3-6,9,11H2,1-2H3. The van der Waals surface area contributed by atoms with E-state index in [2.05, 4.69) is 22.9 Å². The van der Waals surface area contributed by atoms with Gasteiger partial charge >= 0.3 is 5.97 Å². The van der Waals surface area contributed by atoms with Gasteiger partial charge in [-0.25, -0.2) is 4.79 Å². The summed E-state index contributed by atoms with van der Waals surface area (Å²) in [5.74, 6) is 0.495. The lowest BCUT2D eigenvalue weighted by Gasteiger charge is -2.28. The van der Waals surface area contributed by atoms with E-state index in [1.165, 1.54) is 32.8 Å². The van der Waals surface area contributed by atoms with Gasteiger partial charge in [-0.1, -0.05) is 48.2 Å². The van der Waals surface area contributed by atoms with Gasteiger partial charge in [-0.15, -0.1) is 0 Å². The maximum Gasteiger partial charge on any atom is 0.337 e. The number of hydrogen-bond acceptors (Lipinski definition) is 3. The summed E-state index contributed by atoms with van der Waals surface area (Å²) in [4.78, 5) is 11.5. The van der Waals surface area contributed by atoms with Crippen molar-refractivity contribution in [2.24, 2.45) is 5.92 Å². The molecule has 21 heavy (non-hydrogen) atoms. The van der Waals surface area contributed by atoms with Gasteiger partial charge in [0.2, 0.25) is 0 Å². The molecule has 0 aromatic heterocycles. The van der Waals surface area contributed by atoms with Crippen LogP contribution in [-0.2, 0) is 16.1 Å². The Labute approximate surface area is 135 Å². The number of halogens is 1. The van der Waals surface area contributed by atoms with Gasteiger partial charge in [0.25, 0.3) is 0 Å². The molecule has 0 aliphatic heterocycles. The molecule has 2 unspecified atom stereocenters. The fourth-order valence-corrected chi connectivity index (χ4v) is 3.37. The van der Waals surface area contributed by atoms with Crippen LogP contribution < -0.4 is 0 Å². The fraction of sp³-hybridized carbons (Fsp3) is 0.588. The third-order valence-corrected chi connectivity index (χ3v) is 5.00. The summed E-state index contributed by atoms with van der Waals surface area (Å²) in [6.07, 6.45) is 6.57. The second kappa shape index (κ2) is 7.95. The van der Waals surface area contributed by atoms with Gasteiger partial charge in [-0.05, 0) is 36.5 Å². The van der Waals surface area contributed by atoms with Crippen LogP contribution in [0.2, 0.25) is 0 Å². The van der Waals surface area contributed by atoms with Gasteiger partial charge in [0.05, 0.1) is 25.4 Å². The van der Waals surface area contributed by atoms with Crippen LogP contribution in [0.5, 0.6) is 0 Å². The summed E-state index contributed by atoms with van der Waals surface area (Å²) in [7, 11) is 1.39. The zero-order chi connectivity index (χ0) is 15.2. The molecule has 1 aliphatic carbocycles. The monoisotopic (exact) mass is 354 g/mol. The normalized spacial score (nSPS) is 22.0. The van der Waals surface area contributed by atoms with Crippen molar-refractivity contribution in [3.05, 3.63) is 33.8 Å². The number of esters is 1. The van der Waals surface area contributed by atoms with Gasteiger partial charge in [0, 0.05) is 4.47 Å². The van der Waals surface area contributed by atoms with Crippen molar-refractivity contribution in [1.82, 2.24) is 0 Å². The molecular weight excluding hydrogens is 332 g/mol. The van der Waals surface area contributed by atoms with E-state index < -0.39 is 0 Å². The fourth-order valence-electron chi connectivity index (χ4n) is 2.88. The number of benzene rings is 1. The van der Waals surface area contributed by atoms with Gasteiger partial charge in [-0.3, -0.25) is 0 Å². The molecular formula is C17H23BrO3. The van der Waals surface area contributed by atoms with Crippen molar-refractivity contribution in [2.75, 3.05) is 7.11 Å². The number of rotatable bonds is 5. The Morgan fingerprint density at radius 1 is 1.38 bits per heavy atom. The van der Waals surface area contributed by atoms with E-state index in [9.17, 15) is 4.79 Å². The Hall–Kier alpha value is -0.870. The second-order valence-electron chi connectivity index (χ2n) is 5.67. The van der Waals surface area contributed by atoms with E-state index >= 15 is 0 Å². The SMILES string of the molecule is CCC1CCCC(OCc2ccc(C(=O)OC)cc2Br)C1. The average molecular weight is 355 g/mol.